The number of ether oxygens (including phenoxy) is 1. The minimum Gasteiger partial charge on any atom is -0.465 e. The van der Waals surface area contributed by atoms with E-state index in [4.69, 9.17) is 4.74 Å². The second-order valence-electron chi connectivity index (χ2n) is 21.0. The van der Waals surface area contributed by atoms with E-state index in [-0.39, 0.29) is 18.5 Å². The maximum absolute atomic E-state index is 12.5. The van der Waals surface area contributed by atoms with E-state index < -0.39 is 12.1 Å². The zero-order valence-corrected chi connectivity index (χ0v) is 46.7. The molecule has 0 spiro atoms. The van der Waals surface area contributed by atoms with E-state index in [1.807, 2.05) is 0 Å². The van der Waals surface area contributed by atoms with Gasteiger partial charge in [0.15, 0.2) is 0 Å². The topological polar surface area (TPSA) is 95.9 Å². The van der Waals surface area contributed by atoms with Crippen molar-refractivity contribution < 1.29 is 24.5 Å². The SMILES string of the molecule is CCCCC/C=C\C/C=C\CCCCCCCCCCCC(=O)OCC/C=C\C/C=C\CCCCCCCCCCCCCCCCC(=O)NC(CO)C(O)CCCCCCCCCCCCCCC. The van der Waals surface area contributed by atoms with Crippen molar-refractivity contribution in [2.45, 2.75) is 334 Å². The van der Waals surface area contributed by atoms with Crippen molar-refractivity contribution in [2.75, 3.05) is 13.2 Å². The molecular weight excluding hydrogens is 863 g/mol. The van der Waals surface area contributed by atoms with Gasteiger partial charge in [-0.15, -0.1) is 0 Å². The predicted octanol–water partition coefficient (Wildman–Crippen LogP) is 19.4. The van der Waals surface area contributed by atoms with Gasteiger partial charge >= 0.3 is 5.97 Å². The van der Waals surface area contributed by atoms with Crippen LogP contribution in [0.1, 0.15) is 322 Å². The lowest BCUT2D eigenvalue weighted by molar-refractivity contribution is -0.143. The highest BCUT2D eigenvalue weighted by atomic mass is 16.5. The Labute approximate surface area is 436 Å². The molecule has 0 aromatic carbocycles. The molecule has 0 aliphatic rings. The van der Waals surface area contributed by atoms with Gasteiger partial charge in [-0.05, 0) is 77.0 Å². The molecule has 0 radical (unpaired) electrons. The monoisotopic (exact) mass is 982 g/mol. The third-order valence-electron chi connectivity index (χ3n) is 14.1. The van der Waals surface area contributed by atoms with E-state index in [1.54, 1.807) is 0 Å². The van der Waals surface area contributed by atoms with Gasteiger partial charge in [-0.1, -0.05) is 281 Å². The summed E-state index contributed by atoms with van der Waals surface area (Å²) >= 11 is 0. The number of aliphatic hydroxyl groups excluding tert-OH is 2. The third kappa shape index (κ3) is 55.1. The van der Waals surface area contributed by atoms with Crippen LogP contribution in [0.25, 0.3) is 0 Å². The van der Waals surface area contributed by atoms with Crippen molar-refractivity contribution in [3.05, 3.63) is 48.6 Å². The number of allylic oxidation sites excluding steroid dienone is 7. The summed E-state index contributed by atoms with van der Waals surface area (Å²) in [4.78, 5) is 24.5. The molecule has 0 rings (SSSR count). The first kappa shape index (κ1) is 67.8. The van der Waals surface area contributed by atoms with Crippen LogP contribution in [0, 0.1) is 0 Å². The molecule has 0 saturated carbocycles. The molecule has 0 bridgehead atoms. The lowest BCUT2D eigenvalue weighted by Gasteiger charge is -2.22. The molecule has 0 aliphatic carbocycles. The fourth-order valence-corrected chi connectivity index (χ4v) is 9.39. The second kappa shape index (κ2) is 59.4. The third-order valence-corrected chi connectivity index (χ3v) is 14.1. The van der Waals surface area contributed by atoms with Crippen molar-refractivity contribution in [1.29, 1.82) is 0 Å². The highest BCUT2D eigenvalue weighted by molar-refractivity contribution is 5.76. The molecule has 0 fully saturated rings. The van der Waals surface area contributed by atoms with Crippen molar-refractivity contribution in [3.8, 4) is 0 Å². The summed E-state index contributed by atoms with van der Waals surface area (Å²) in [7, 11) is 0. The van der Waals surface area contributed by atoms with Gasteiger partial charge in [-0.2, -0.15) is 0 Å². The van der Waals surface area contributed by atoms with Crippen LogP contribution in [0.3, 0.4) is 0 Å². The smallest absolute Gasteiger partial charge is 0.305 e. The van der Waals surface area contributed by atoms with Gasteiger partial charge in [0.25, 0.3) is 0 Å². The number of carbonyl (C=O) groups excluding carboxylic acids is 2. The van der Waals surface area contributed by atoms with E-state index >= 15 is 0 Å². The molecule has 0 aliphatic heterocycles. The summed E-state index contributed by atoms with van der Waals surface area (Å²) in [5, 5.41) is 23.2. The van der Waals surface area contributed by atoms with E-state index in [2.05, 4.69) is 67.8 Å². The lowest BCUT2D eigenvalue weighted by atomic mass is 10.0. The lowest BCUT2D eigenvalue weighted by Crippen LogP contribution is -2.45. The highest BCUT2D eigenvalue weighted by Crippen LogP contribution is 2.17. The van der Waals surface area contributed by atoms with Gasteiger partial charge in [-0.25, -0.2) is 0 Å². The van der Waals surface area contributed by atoms with Crippen LogP contribution < -0.4 is 5.32 Å². The van der Waals surface area contributed by atoms with Gasteiger partial charge < -0.3 is 20.3 Å². The minimum atomic E-state index is -0.668. The van der Waals surface area contributed by atoms with Crippen LogP contribution in [-0.4, -0.2) is 47.4 Å². The molecule has 0 saturated heterocycles. The number of unbranched alkanes of at least 4 members (excludes halogenated alkanes) is 38. The molecule has 410 valence electrons. The zero-order valence-electron chi connectivity index (χ0n) is 46.7. The van der Waals surface area contributed by atoms with Crippen LogP contribution in [0.5, 0.6) is 0 Å². The van der Waals surface area contributed by atoms with Crippen LogP contribution in [0.15, 0.2) is 48.6 Å². The molecule has 70 heavy (non-hydrogen) atoms. The average Bonchev–Trinajstić information content (AvgIpc) is 3.36. The van der Waals surface area contributed by atoms with Crippen LogP contribution in [-0.2, 0) is 14.3 Å². The second-order valence-corrected chi connectivity index (χ2v) is 21.0. The zero-order chi connectivity index (χ0) is 50.7. The number of esters is 1. The summed E-state index contributed by atoms with van der Waals surface area (Å²) in [5.74, 6) is -0.0789. The molecule has 6 heteroatoms. The predicted molar refractivity (Wildman–Crippen MR) is 306 cm³/mol. The molecule has 1 amide bonds. The maximum Gasteiger partial charge on any atom is 0.305 e. The summed E-state index contributed by atoms with van der Waals surface area (Å²) in [5.41, 5.74) is 0. The summed E-state index contributed by atoms with van der Waals surface area (Å²) < 4.78 is 5.43. The Morgan fingerprint density at radius 3 is 1.11 bits per heavy atom. The Balaban J connectivity index is 3.44. The van der Waals surface area contributed by atoms with Gasteiger partial charge in [-0.3, -0.25) is 9.59 Å². The number of carbonyl (C=O) groups is 2. The van der Waals surface area contributed by atoms with E-state index in [9.17, 15) is 19.8 Å². The number of hydrogen-bond donors (Lipinski definition) is 3. The summed E-state index contributed by atoms with van der Waals surface area (Å²) in [6.45, 7) is 4.82. The van der Waals surface area contributed by atoms with Gasteiger partial charge in [0, 0.05) is 12.8 Å². The average molecular weight is 983 g/mol. The molecule has 0 heterocycles. The quantitative estimate of drug-likeness (QED) is 0.0321. The van der Waals surface area contributed by atoms with Crippen molar-refractivity contribution in [2.24, 2.45) is 0 Å². The molecule has 0 aromatic heterocycles. The molecular formula is C64H119NO5. The standard InChI is InChI=1S/C64H119NO5/c1-3-5-7-9-11-13-15-17-18-19-23-27-30-34-38-42-46-50-54-58-64(69)70-59-55-51-47-43-39-35-31-28-25-22-20-21-24-26-29-33-37-41-45-49-53-57-63(68)65-61(60-66)62(67)56-52-48-44-40-36-32-16-14-12-10-8-6-4-2/h11,13,17-18,35,39,47,51,61-62,66-67H,3-10,12,14-16,19-34,36-38,40-46,48-50,52-60H2,1-2H3,(H,65,68)/b13-11-,18-17-,39-35-,51-47-. The van der Waals surface area contributed by atoms with Gasteiger partial charge in [0.2, 0.25) is 5.91 Å². The number of rotatable bonds is 57. The minimum absolute atomic E-state index is 0.0392. The molecule has 2 unspecified atom stereocenters. The van der Waals surface area contributed by atoms with E-state index in [1.165, 1.54) is 231 Å². The van der Waals surface area contributed by atoms with Crippen LogP contribution in [0.2, 0.25) is 0 Å². The van der Waals surface area contributed by atoms with E-state index in [0.717, 1.165) is 57.8 Å². The summed E-state index contributed by atoms with van der Waals surface area (Å²) in [6, 6.07) is -0.545. The normalized spacial score (nSPS) is 12.9. The Bertz CT molecular complexity index is 1180. The Hall–Kier alpha value is -2.18. The number of nitrogens with one attached hydrogen (secondary N) is 1. The largest absolute Gasteiger partial charge is 0.465 e. The number of amides is 1. The Morgan fingerprint density at radius 1 is 0.400 bits per heavy atom. The fourth-order valence-electron chi connectivity index (χ4n) is 9.39. The van der Waals surface area contributed by atoms with Gasteiger partial charge in [0.05, 0.1) is 25.4 Å². The first-order valence-electron chi connectivity index (χ1n) is 30.9. The maximum atomic E-state index is 12.5. The van der Waals surface area contributed by atoms with Crippen molar-refractivity contribution in [3.63, 3.8) is 0 Å². The highest BCUT2D eigenvalue weighted by Gasteiger charge is 2.20. The number of hydrogen-bond acceptors (Lipinski definition) is 5. The molecule has 6 nitrogen and oxygen atoms in total. The Kier molecular flexibility index (Phi) is 57.5. The Morgan fingerprint density at radius 2 is 0.714 bits per heavy atom. The van der Waals surface area contributed by atoms with Gasteiger partial charge in [0.1, 0.15) is 0 Å². The molecule has 0 aromatic rings. The van der Waals surface area contributed by atoms with Crippen LogP contribution in [0.4, 0.5) is 0 Å². The summed E-state index contributed by atoms with van der Waals surface area (Å²) in [6.07, 6.45) is 75.6. The first-order valence-corrected chi connectivity index (χ1v) is 30.9. The van der Waals surface area contributed by atoms with Crippen LogP contribution >= 0.6 is 0 Å². The van der Waals surface area contributed by atoms with E-state index in [0.29, 0.717) is 25.9 Å². The number of aliphatic hydroxyl groups is 2. The molecule has 2 atom stereocenters. The van der Waals surface area contributed by atoms with Crippen molar-refractivity contribution in [1.82, 2.24) is 5.32 Å². The molecule has 3 N–H and O–H groups in total. The fraction of sp³-hybridized carbons (Fsp3) is 0.844. The first-order chi connectivity index (χ1) is 34.5. The van der Waals surface area contributed by atoms with Crippen molar-refractivity contribution >= 4 is 11.9 Å².